The van der Waals surface area contributed by atoms with Gasteiger partial charge in [0.15, 0.2) is 0 Å². The van der Waals surface area contributed by atoms with E-state index in [1.807, 2.05) is 38.4 Å². The van der Waals surface area contributed by atoms with E-state index in [-0.39, 0.29) is 12.1 Å². The molecule has 6 nitrogen and oxygen atoms in total. The lowest BCUT2D eigenvalue weighted by molar-refractivity contribution is 0.180. The second kappa shape index (κ2) is 12.0. The zero-order valence-corrected chi connectivity index (χ0v) is 21.2. The number of piperazine rings is 1. The van der Waals surface area contributed by atoms with Gasteiger partial charge in [0.1, 0.15) is 0 Å². The van der Waals surface area contributed by atoms with Gasteiger partial charge in [0.05, 0.1) is 6.04 Å². The number of carbonyl (C=O) groups is 1. The van der Waals surface area contributed by atoms with Gasteiger partial charge < -0.3 is 20.4 Å². The third kappa shape index (κ3) is 6.90. The highest BCUT2D eigenvalue weighted by Gasteiger charge is 2.26. The molecule has 3 aromatic carbocycles. The molecule has 0 spiro atoms. The van der Waals surface area contributed by atoms with Crippen LogP contribution in [0.2, 0.25) is 5.02 Å². The Morgan fingerprint density at radius 3 is 2.17 bits per heavy atom. The summed E-state index contributed by atoms with van der Waals surface area (Å²) in [6.07, 6.45) is 0. The van der Waals surface area contributed by atoms with Gasteiger partial charge in [0.25, 0.3) is 0 Å². The van der Waals surface area contributed by atoms with Gasteiger partial charge in [-0.3, -0.25) is 4.90 Å². The Morgan fingerprint density at radius 2 is 1.54 bits per heavy atom. The van der Waals surface area contributed by atoms with Crippen molar-refractivity contribution >= 4 is 29.0 Å². The number of nitrogens with zero attached hydrogens (tertiary/aromatic N) is 3. The van der Waals surface area contributed by atoms with Crippen molar-refractivity contribution < 1.29 is 4.79 Å². The second-order valence-corrected chi connectivity index (χ2v) is 9.49. The minimum Gasteiger partial charge on any atom is -0.378 e. The molecule has 1 aliphatic rings. The van der Waals surface area contributed by atoms with E-state index < -0.39 is 0 Å². The molecule has 1 unspecified atom stereocenters. The fraction of sp³-hybridized carbons (Fsp3) is 0.321. The minimum atomic E-state index is -0.169. The van der Waals surface area contributed by atoms with E-state index >= 15 is 0 Å². The van der Waals surface area contributed by atoms with E-state index in [0.29, 0.717) is 18.1 Å². The van der Waals surface area contributed by atoms with Crippen molar-refractivity contribution in [3.8, 4) is 0 Å². The van der Waals surface area contributed by atoms with Crippen molar-refractivity contribution in [2.24, 2.45) is 0 Å². The maximum atomic E-state index is 12.6. The molecule has 2 amide bonds. The molecular weight excluding hydrogens is 458 g/mol. The molecule has 1 heterocycles. The van der Waals surface area contributed by atoms with Crippen LogP contribution >= 0.6 is 11.6 Å². The predicted octanol–water partition coefficient (Wildman–Crippen LogP) is 4.77. The molecule has 1 aliphatic heterocycles. The number of carbonyl (C=O) groups excluding carboxylic acids is 1. The first-order chi connectivity index (χ1) is 17.0. The van der Waals surface area contributed by atoms with E-state index in [1.165, 1.54) is 11.3 Å². The second-order valence-electron chi connectivity index (χ2n) is 9.05. The Morgan fingerprint density at radius 1 is 0.886 bits per heavy atom. The number of hydrogen-bond acceptors (Lipinski definition) is 4. The maximum Gasteiger partial charge on any atom is 0.315 e. The lowest BCUT2D eigenvalue weighted by Crippen LogP contribution is -2.50. The molecule has 0 aromatic heterocycles. The quantitative estimate of drug-likeness (QED) is 0.476. The molecule has 35 heavy (non-hydrogen) atoms. The standard InChI is InChI=1S/C28H34ClN5O/c1-32(2)25-14-10-23(11-15-25)27(21-31-28(35)30-20-22-8-12-24(29)13-9-22)34-18-16-33(17-19-34)26-6-4-3-5-7-26/h3-15,27H,16-21H2,1-2H3,(H2,30,31,35). The SMILES string of the molecule is CN(C)c1ccc(C(CNC(=O)NCc2ccc(Cl)cc2)N2CCN(c3ccccc3)CC2)cc1. The summed E-state index contributed by atoms with van der Waals surface area (Å²) in [7, 11) is 4.09. The zero-order valence-electron chi connectivity index (χ0n) is 20.5. The maximum absolute atomic E-state index is 12.6. The van der Waals surface area contributed by atoms with Crippen LogP contribution in [0.4, 0.5) is 16.2 Å². The average molecular weight is 492 g/mol. The number of amides is 2. The molecule has 0 aliphatic carbocycles. The third-order valence-electron chi connectivity index (χ3n) is 6.49. The number of hydrogen-bond donors (Lipinski definition) is 2. The van der Waals surface area contributed by atoms with Crippen LogP contribution in [0.5, 0.6) is 0 Å². The summed E-state index contributed by atoms with van der Waals surface area (Å²) < 4.78 is 0. The van der Waals surface area contributed by atoms with Gasteiger partial charge in [-0.1, -0.05) is 54.1 Å². The molecule has 0 saturated carbocycles. The van der Waals surface area contributed by atoms with Crippen molar-refractivity contribution in [2.45, 2.75) is 12.6 Å². The van der Waals surface area contributed by atoms with Crippen LogP contribution in [-0.4, -0.2) is 57.8 Å². The molecule has 1 atom stereocenters. The number of halogens is 1. The number of para-hydroxylation sites is 1. The largest absolute Gasteiger partial charge is 0.378 e. The first kappa shape index (κ1) is 24.9. The summed E-state index contributed by atoms with van der Waals surface area (Å²) in [5, 5.41) is 6.74. The summed E-state index contributed by atoms with van der Waals surface area (Å²) in [5.41, 5.74) is 4.65. The van der Waals surface area contributed by atoms with Gasteiger partial charge in [-0.15, -0.1) is 0 Å². The Labute approximate surface area is 213 Å². The van der Waals surface area contributed by atoms with Crippen LogP contribution < -0.4 is 20.4 Å². The minimum absolute atomic E-state index is 0.102. The van der Waals surface area contributed by atoms with Crippen molar-refractivity contribution in [3.05, 3.63) is 95.0 Å². The predicted molar refractivity (Wildman–Crippen MR) is 145 cm³/mol. The Balaban J connectivity index is 1.39. The molecule has 0 bridgehead atoms. The van der Waals surface area contributed by atoms with E-state index in [9.17, 15) is 4.79 Å². The molecule has 1 saturated heterocycles. The summed E-state index contributed by atoms with van der Waals surface area (Å²) in [6, 6.07) is 26.6. The highest BCUT2D eigenvalue weighted by Crippen LogP contribution is 2.25. The van der Waals surface area contributed by atoms with Gasteiger partial charge in [-0.2, -0.15) is 0 Å². The fourth-order valence-electron chi connectivity index (χ4n) is 4.42. The van der Waals surface area contributed by atoms with Gasteiger partial charge in [-0.05, 0) is 47.5 Å². The van der Waals surface area contributed by atoms with Crippen LogP contribution in [-0.2, 0) is 6.54 Å². The van der Waals surface area contributed by atoms with Crippen LogP contribution in [0, 0.1) is 0 Å². The highest BCUT2D eigenvalue weighted by molar-refractivity contribution is 6.30. The van der Waals surface area contributed by atoms with Crippen molar-refractivity contribution in [1.29, 1.82) is 0 Å². The molecule has 0 radical (unpaired) electrons. The number of urea groups is 1. The van der Waals surface area contributed by atoms with Crippen molar-refractivity contribution in [1.82, 2.24) is 15.5 Å². The molecule has 7 heteroatoms. The zero-order chi connectivity index (χ0) is 24.6. The molecule has 3 aromatic rings. The third-order valence-corrected chi connectivity index (χ3v) is 6.74. The van der Waals surface area contributed by atoms with Crippen LogP contribution in [0.1, 0.15) is 17.2 Å². The normalized spacial score (nSPS) is 14.9. The van der Waals surface area contributed by atoms with Crippen LogP contribution in [0.3, 0.4) is 0 Å². The van der Waals surface area contributed by atoms with Gasteiger partial charge in [0.2, 0.25) is 0 Å². The van der Waals surface area contributed by atoms with Crippen LogP contribution in [0.25, 0.3) is 0 Å². The molecule has 2 N–H and O–H groups in total. The number of benzene rings is 3. The topological polar surface area (TPSA) is 50.9 Å². The summed E-state index contributed by atoms with van der Waals surface area (Å²) in [4.78, 5) is 19.6. The van der Waals surface area contributed by atoms with E-state index in [1.54, 1.807) is 0 Å². The molecule has 1 fully saturated rings. The first-order valence-electron chi connectivity index (χ1n) is 12.1. The Bertz CT molecular complexity index is 1060. The van der Waals surface area contributed by atoms with Gasteiger partial charge in [-0.25, -0.2) is 4.79 Å². The monoisotopic (exact) mass is 491 g/mol. The van der Waals surface area contributed by atoms with E-state index in [4.69, 9.17) is 11.6 Å². The van der Waals surface area contributed by atoms with Gasteiger partial charge >= 0.3 is 6.03 Å². The van der Waals surface area contributed by atoms with Crippen molar-refractivity contribution in [2.75, 3.05) is 56.6 Å². The van der Waals surface area contributed by atoms with E-state index in [0.717, 1.165) is 37.4 Å². The summed E-state index contributed by atoms with van der Waals surface area (Å²) in [6.45, 7) is 4.78. The highest BCUT2D eigenvalue weighted by atomic mass is 35.5. The molecule has 4 rings (SSSR count). The lowest BCUT2D eigenvalue weighted by Gasteiger charge is -2.40. The first-order valence-corrected chi connectivity index (χ1v) is 12.4. The van der Waals surface area contributed by atoms with Crippen molar-refractivity contribution in [3.63, 3.8) is 0 Å². The Hall–Kier alpha value is -3.22. The summed E-state index contributed by atoms with van der Waals surface area (Å²) >= 11 is 5.95. The number of anilines is 2. The molecule has 184 valence electrons. The van der Waals surface area contributed by atoms with E-state index in [2.05, 4.69) is 79.9 Å². The summed E-state index contributed by atoms with van der Waals surface area (Å²) in [5.74, 6) is 0. The van der Waals surface area contributed by atoms with Crippen LogP contribution in [0.15, 0.2) is 78.9 Å². The smallest absolute Gasteiger partial charge is 0.315 e. The number of rotatable bonds is 8. The lowest BCUT2D eigenvalue weighted by atomic mass is 10.0. The van der Waals surface area contributed by atoms with Gasteiger partial charge in [0, 0.05) is 69.8 Å². The Kier molecular flexibility index (Phi) is 8.50. The number of nitrogens with one attached hydrogen (secondary N) is 2. The fourth-order valence-corrected chi connectivity index (χ4v) is 4.55. The average Bonchev–Trinajstić information content (AvgIpc) is 2.89. The molecular formula is C28H34ClN5O.